The number of aryl methyl sites for hydroxylation is 1. The fraction of sp³-hybridized carbons (Fsp3) is 0.357. The van der Waals surface area contributed by atoms with Crippen LogP contribution in [0.25, 0.3) is 0 Å². The molecule has 0 saturated heterocycles. The van der Waals surface area contributed by atoms with Crippen molar-refractivity contribution in [1.82, 2.24) is 19.7 Å². The lowest BCUT2D eigenvalue weighted by Crippen LogP contribution is -2.39. The van der Waals surface area contributed by atoms with E-state index in [0.717, 1.165) is 4.57 Å². The van der Waals surface area contributed by atoms with Crippen molar-refractivity contribution in [2.24, 2.45) is 0 Å². The van der Waals surface area contributed by atoms with Crippen LogP contribution in [0.15, 0.2) is 18.2 Å². The summed E-state index contributed by atoms with van der Waals surface area (Å²) in [5.74, 6) is -1.78. The summed E-state index contributed by atoms with van der Waals surface area (Å²) in [5, 5.41) is 6.68. The van der Waals surface area contributed by atoms with Crippen LogP contribution in [0.3, 0.4) is 0 Å². The average molecular weight is 328 g/mol. The molecule has 5 nitrogen and oxygen atoms in total. The average Bonchev–Trinajstić information content (AvgIpc) is 2.92. The van der Waals surface area contributed by atoms with E-state index in [1.807, 2.05) is 0 Å². The molecule has 1 aliphatic rings. The molecule has 122 valence electrons. The lowest BCUT2D eigenvalue weighted by Gasteiger charge is -2.28. The minimum Gasteiger partial charge on any atom is -0.329 e. The zero-order valence-electron chi connectivity index (χ0n) is 12.1. The van der Waals surface area contributed by atoms with Gasteiger partial charge in [-0.2, -0.15) is 13.2 Å². The molecule has 0 N–H and O–H groups in total. The van der Waals surface area contributed by atoms with Crippen LogP contribution in [-0.2, 0) is 19.3 Å². The Labute approximate surface area is 128 Å². The SMILES string of the molecule is Cc1cc(C(=O)N2CCn3c(nnc3C(F)(F)F)C2)ccc1F. The molecule has 1 aliphatic heterocycles. The number of hydrogen-bond donors (Lipinski definition) is 0. The Morgan fingerprint density at radius 1 is 1.22 bits per heavy atom. The van der Waals surface area contributed by atoms with Gasteiger partial charge in [-0.25, -0.2) is 4.39 Å². The van der Waals surface area contributed by atoms with E-state index in [1.165, 1.54) is 30.0 Å². The fourth-order valence-corrected chi connectivity index (χ4v) is 2.50. The molecular formula is C14H12F4N4O. The Bertz CT molecular complexity index is 769. The van der Waals surface area contributed by atoms with Gasteiger partial charge in [0.25, 0.3) is 5.91 Å². The number of fused-ring (bicyclic) bond motifs is 1. The van der Waals surface area contributed by atoms with Crippen LogP contribution in [-0.4, -0.2) is 32.1 Å². The number of nitrogens with zero attached hydrogens (tertiary/aromatic N) is 4. The van der Waals surface area contributed by atoms with Gasteiger partial charge in [0.1, 0.15) is 5.82 Å². The first-order valence-electron chi connectivity index (χ1n) is 6.82. The largest absolute Gasteiger partial charge is 0.451 e. The molecule has 2 aromatic rings. The molecule has 0 aliphatic carbocycles. The van der Waals surface area contributed by atoms with Gasteiger partial charge < -0.3 is 9.47 Å². The Hall–Kier alpha value is -2.45. The summed E-state index contributed by atoms with van der Waals surface area (Å²) in [6.45, 7) is 1.53. The summed E-state index contributed by atoms with van der Waals surface area (Å²) in [7, 11) is 0. The van der Waals surface area contributed by atoms with E-state index < -0.39 is 17.8 Å². The summed E-state index contributed by atoms with van der Waals surface area (Å²) < 4.78 is 52.6. The molecular weight excluding hydrogens is 316 g/mol. The van der Waals surface area contributed by atoms with Crippen molar-refractivity contribution in [1.29, 1.82) is 0 Å². The molecule has 9 heteroatoms. The summed E-state index contributed by atoms with van der Waals surface area (Å²) in [6, 6.07) is 3.96. The van der Waals surface area contributed by atoms with E-state index in [9.17, 15) is 22.4 Å². The van der Waals surface area contributed by atoms with Crippen molar-refractivity contribution < 1.29 is 22.4 Å². The maximum Gasteiger partial charge on any atom is 0.451 e. The Morgan fingerprint density at radius 2 is 1.96 bits per heavy atom. The first kappa shape index (κ1) is 15.4. The molecule has 1 amide bonds. The first-order valence-corrected chi connectivity index (χ1v) is 6.82. The van der Waals surface area contributed by atoms with Crippen molar-refractivity contribution in [3.8, 4) is 0 Å². The monoisotopic (exact) mass is 328 g/mol. The number of rotatable bonds is 1. The smallest absolute Gasteiger partial charge is 0.329 e. The van der Waals surface area contributed by atoms with Crippen molar-refractivity contribution >= 4 is 5.91 Å². The predicted molar refractivity (Wildman–Crippen MR) is 70.9 cm³/mol. The van der Waals surface area contributed by atoms with E-state index in [0.29, 0.717) is 5.56 Å². The maximum atomic E-state index is 13.3. The number of halogens is 4. The van der Waals surface area contributed by atoms with Gasteiger partial charge in [0.05, 0.1) is 6.54 Å². The van der Waals surface area contributed by atoms with E-state index in [2.05, 4.69) is 10.2 Å². The highest BCUT2D eigenvalue weighted by molar-refractivity contribution is 5.94. The standard InChI is InChI=1S/C14H12F4N4O/c1-8-6-9(2-3-10(8)15)12(23)21-4-5-22-11(7-21)19-20-13(22)14(16,17)18/h2-3,6H,4-5,7H2,1H3. The van der Waals surface area contributed by atoms with Crippen LogP contribution < -0.4 is 0 Å². The summed E-state index contributed by atoms with van der Waals surface area (Å²) in [5.41, 5.74) is 0.614. The van der Waals surface area contributed by atoms with Gasteiger partial charge in [-0.05, 0) is 30.7 Å². The zero-order chi connectivity index (χ0) is 16.8. The minimum absolute atomic E-state index is 0.0386. The highest BCUT2D eigenvalue weighted by atomic mass is 19.4. The van der Waals surface area contributed by atoms with Crippen LogP contribution in [0.5, 0.6) is 0 Å². The van der Waals surface area contributed by atoms with Crippen LogP contribution in [0, 0.1) is 12.7 Å². The van der Waals surface area contributed by atoms with Gasteiger partial charge in [-0.15, -0.1) is 10.2 Å². The van der Waals surface area contributed by atoms with Gasteiger partial charge in [0, 0.05) is 18.7 Å². The molecule has 0 bridgehead atoms. The molecule has 0 radical (unpaired) electrons. The molecule has 0 unspecified atom stereocenters. The number of alkyl halides is 3. The number of benzene rings is 1. The van der Waals surface area contributed by atoms with Gasteiger partial charge in [0.15, 0.2) is 5.82 Å². The summed E-state index contributed by atoms with van der Waals surface area (Å²) in [6.07, 6.45) is -4.58. The molecule has 1 aromatic heterocycles. The van der Waals surface area contributed by atoms with E-state index in [1.54, 1.807) is 0 Å². The van der Waals surface area contributed by atoms with Crippen LogP contribution in [0.2, 0.25) is 0 Å². The fourth-order valence-electron chi connectivity index (χ4n) is 2.50. The normalized spacial score (nSPS) is 14.7. The zero-order valence-corrected chi connectivity index (χ0v) is 12.1. The number of carbonyl (C=O) groups excluding carboxylic acids is 1. The minimum atomic E-state index is -4.58. The molecule has 2 heterocycles. The maximum absolute atomic E-state index is 13.3. The topological polar surface area (TPSA) is 51.0 Å². The van der Waals surface area contributed by atoms with Gasteiger partial charge in [0.2, 0.25) is 5.82 Å². The Balaban J connectivity index is 1.83. The molecule has 0 fully saturated rings. The van der Waals surface area contributed by atoms with Crippen LogP contribution in [0.1, 0.15) is 27.6 Å². The summed E-state index contributed by atoms with van der Waals surface area (Å²) >= 11 is 0. The Morgan fingerprint density at radius 3 is 2.61 bits per heavy atom. The lowest BCUT2D eigenvalue weighted by atomic mass is 10.1. The predicted octanol–water partition coefficient (Wildman–Crippen LogP) is 2.40. The third-order valence-electron chi connectivity index (χ3n) is 3.70. The summed E-state index contributed by atoms with van der Waals surface area (Å²) in [4.78, 5) is 13.8. The second-order valence-electron chi connectivity index (χ2n) is 5.28. The Kier molecular flexibility index (Phi) is 3.57. The second kappa shape index (κ2) is 5.32. The van der Waals surface area contributed by atoms with Crippen molar-refractivity contribution in [3.63, 3.8) is 0 Å². The van der Waals surface area contributed by atoms with Gasteiger partial charge in [-0.3, -0.25) is 4.79 Å². The number of aromatic nitrogens is 3. The van der Waals surface area contributed by atoms with Crippen molar-refractivity contribution in [2.45, 2.75) is 26.2 Å². The lowest BCUT2D eigenvalue weighted by molar-refractivity contribution is -0.147. The highest BCUT2D eigenvalue weighted by Gasteiger charge is 2.39. The molecule has 0 saturated carbocycles. The third kappa shape index (κ3) is 2.78. The second-order valence-corrected chi connectivity index (χ2v) is 5.28. The van der Waals surface area contributed by atoms with Crippen molar-refractivity contribution in [3.05, 3.63) is 46.8 Å². The van der Waals surface area contributed by atoms with Gasteiger partial charge in [-0.1, -0.05) is 0 Å². The van der Waals surface area contributed by atoms with E-state index >= 15 is 0 Å². The molecule has 1 aromatic carbocycles. The quantitative estimate of drug-likeness (QED) is 0.756. The van der Waals surface area contributed by atoms with Crippen molar-refractivity contribution in [2.75, 3.05) is 6.54 Å². The molecule has 0 atom stereocenters. The number of carbonyl (C=O) groups is 1. The van der Waals surface area contributed by atoms with E-state index in [4.69, 9.17) is 0 Å². The number of amides is 1. The molecule has 0 spiro atoms. The van der Waals surface area contributed by atoms with E-state index in [-0.39, 0.29) is 36.9 Å². The first-order chi connectivity index (χ1) is 10.8. The van der Waals surface area contributed by atoms with Crippen LogP contribution in [0.4, 0.5) is 17.6 Å². The third-order valence-corrected chi connectivity index (χ3v) is 3.70. The van der Waals surface area contributed by atoms with Crippen LogP contribution >= 0.6 is 0 Å². The number of hydrogen-bond acceptors (Lipinski definition) is 3. The van der Waals surface area contributed by atoms with Gasteiger partial charge >= 0.3 is 6.18 Å². The molecule has 3 rings (SSSR count). The molecule has 23 heavy (non-hydrogen) atoms. The highest BCUT2D eigenvalue weighted by Crippen LogP contribution is 2.29.